The van der Waals surface area contributed by atoms with E-state index in [1.54, 1.807) is 4.57 Å². The number of aldehydes is 1. The van der Waals surface area contributed by atoms with Crippen LogP contribution in [0.5, 0.6) is 0 Å². The monoisotopic (exact) mass is 241 g/mol. The van der Waals surface area contributed by atoms with Gasteiger partial charge in [-0.1, -0.05) is 11.6 Å². The molecule has 2 rings (SSSR count). The van der Waals surface area contributed by atoms with Crippen LogP contribution in [0.25, 0.3) is 10.2 Å². The Morgan fingerprint density at radius 2 is 2.33 bits per heavy atom. The number of fused-ring (bicyclic) bond motifs is 1. The summed E-state index contributed by atoms with van der Waals surface area (Å²) in [6.45, 7) is 2.39. The fourth-order valence-electron chi connectivity index (χ4n) is 1.57. The van der Waals surface area contributed by atoms with Crippen LogP contribution < -0.4 is 5.56 Å². The van der Waals surface area contributed by atoms with E-state index in [4.69, 9.17) is 11.6 Å². The van der Waals surface area contributed by atoms with Gasteiger partial charge in [-0.2, -0.15) is 0 Å². The van der Waals surface area contributed by atoms with Crippen molar-refractivity contribution in [1.82, 2.24) is 4.57 Å². The van der Waals surface area contributed by atoms with E-state index in [0.29, 0.717) is 12.8 Å². The fraction of sp³-hybridized carbons (Fsp3) is 0.200. The lowest BCUT2D eigenvalue weighted by molar-refractivity contribution is 0.112. The molecule has 0 bridgehead atoms. The molecule has 2 aromatic rings. The predicted octanol–water partition coefficient (Wildman–Crippen LogP) is 2.55. The second-order valence-corrected chi connectivity index (χ2v) is 4.32. The first-order valence-corrected chi connectivity index (χ1v) is 5.71. The van der Waals surface area contributed by atoms with Crippen molar-refractivity contribution >= 4 is 39.4 Å². The molecular formula is C10H8ClNO2S. The van der Waals surface area contributed by atoms with Crippen LogP contribution in [0.15, 0.2) is 16.2 Å². The highest BCUT2D eigenvalue weighted by Crippen LogP contribution is 2.28. The molecule has 2 heterocycles. The molecule has 0 radical (unpaired) electrons. The van der Waals surface area contributed by atoms with Crippen LogP contribution in [0.2, 0.25) is 5.02 Å². The summed E-state index contributed by atoms with van der Waals surface area (Å²) in [5.74, 6) is 0. The van der Waals surface area contributed by atoms with Gasteiger partial charge in [-0.25, -0.2) is 0 Å². The van der Waals surface area contributed by atoms with Crippen molar-refractivity contribution in [2.45, 2.75) is 13.5 Å². The van der Waals surface area contributed by atoms with Crippen molar-refractivity contribution in [2.75, 3.05) is 0 Å². The summed E-state index contributed by atoms with van der Waals surface area (Å²) in [6.07, 6.45) is 0.524. The van der Waals surface area contributed by atoms with Gasteiger partial charge in [0.1, 0.15) is 0 Å². The Morgan fingerprint density at radius 3 is 2.93 bits per heavy atom. The maximum absolute atomic E-state index is 11.8. The molecule has 5 heteroatoms. The second kappa shape index (κ2) is 3.79. The van der Waals surface area contributed by atoms with Crippen molar-refractivity contribution in [1.29, 1.82) is 0 Å². The first kappa shape index (κ1) is 10.4. The van der Waals surface area contributed by atoms with Crippen LogP contribution in [0, 0.1) is 0 Å². The fourth-order valence-corrected chi connectivity index (χ4v) is 2.77. The van der Waals surface area contributed by atoms with Gasteiger partial charge in [0.05, 0.1) is 20.8 Å². The molecule has 0 saturated heterocycles. The van der Waals surface area contributed by atoms with Crippen molar-refractivity contribution in [2.24, 2.45) is 0 Å². The van der Waals surface area contributed by atoms with Crippen molar-refractivity contribution in [3.63, 3.8) is 0 Å². The molecule has 0 saturated carbocycles. The summed E-state index contributed by atoms with van der Waals surface area (Å²) in [5, 5.41) is 2.13. The molecule has 2 aromatic heterocycles. The highest BCUT2D eigenvalue weighted by Gasteiger charge is 2.14. The van der Waals surface area contributed by atoms with Gasteiger partial charge in [0, 0.05) is 6.54 Å². The van der Waals surface area contributed by atoms with Gasteiger partial charge in [0.2, 0.25) is 0 Å². The molecule has 15 heavy (non-hydrogen) atoms. The Hall–Kier alpha value is -1.13. The van der Waals surface area contributed by atoms with Gasteiger partial charge in [-0.15, -0.1) is 11.3 Å². The zero-order valence-corrected chi connectivity index (χ0v) is 9.56. The third-order valence-corrected chi connectivity index (χ3v) is 3.71. The minimum atomic E-state index is -0.316. The lowest BCUT2D eigenvalue weighted by atomic mass is 10.2. The number of thiophene rings is 1. The van der Waals surface area contributed by atoms with E-state index in [2.05, 4.69) is 0 Å². The summed E-state index contributed by atoms with van der Waals surface area (Å²) in [4.78, 5) is 22.6. The van der Waals surface area contributed by atoms with Gasteiger partial charge in [0.15, 0.2) is 6.29 Å². The van der Waals surface area contributed by atoms with E-state index in [0.717, 1.165) is 10.2 Å². The number of aryl methyl sites for hydroxylation is 1. The second-order valence-electron chi connectivity index (χ2n) is 3.03. The number of halogens is 1. The van der Waals surface area contributed by atoms with Gasteiger partial charge in [-0.3, -0.25) is 9.59 Å². The molecule has 0 aliphatic rings. The smallest absolute Gasteiger partial charge is 0.263 e. The third-order valence-electron chi connectivity index (χ3n) is 2.28. The average molecular weight is 242 g/mol. The zero-order valence-electron chi connectivity index (χ0n) is 7.99. The van der Waals surface area contributed by atoms with Crippen molar-refractivity contribution in [3.8, 4) is 0 Å². The number of carbonyl (C=O) groups excluding carboxylic acids is 1. The molecule has 0 aliphatic carbocycles. The van der Waals surface area contributed by atoms with Crippen LogP contribution in [-0.4, -0.2) is 10.9 Å². The standard InChI is InChI=1S/C10H8ClNO2S/c1-2-12-7-3-4-15-9(7)8(11)6(5-13)10(12)14/h3-5H,2H2,1H3. The first-order valence-electron chi connectivity index (χ1n) is 4.45. The van der Waals surface area contributed by atoms with E-state index >= 15 is 0 Å². The molecular weight excluding hydrogens is 234 g/mol. The number of hydrogen-bond acceptors (Lipinski definition) is 3. The summed E-state index contributed by atoms with van der Waals surface area (Å²) >= 11 is 7.41. The van der Waals surface area contributed by atoms with E-state index < -0.39 is 0 Å². The molecule has 0 aromatic carbocycles. The minimum absolute atomic E-state index is 0.0495. The molecule has 0 spiro atoms. The van der Waals surface area contributed by atoms with Gasteiger partial charge >= 0.3 is 0 Å². The van der Waals surface area contributed by atoms with Crippen LogP contribution in [-0.2, 0) is 6.54 Å². The number of rotatable bonds is 2. The van der Waals surface area contributed by atoms with Crippen LogP contribution in [0.1, 0.15) is 17.3 Å². The lowest BCUT2D eigenvalue weighted by Crippen LogP contribution is -2.23. The summed E-state index contributed by atoms with van der Waals surface area (Å²) in [7, 11) is 0. The van der Waals surface area contributed by atoms with E-state index in [-0.39, 0.29) is 16.1 Å². The molecule has 78 valence electrons. The summed E-state index contributed by atoms with van der Waals surface area (Å²) < 4.78 is 2.35. The molecule has 0 fully saturated rings. The van der Waals surface area contributed by atoms with Crippen LogP contribution in [0.3, 0.4) is 0 Å². The maximum atomic E-state index is 11.8. The molecule has 0 unspecified atom stereocenters. The predicted molar refractivity (Wildman–Crippen MR) is 62.2 cm³/mol. The van der Waals surface area contributed by atoms with Crippen LogP contribution >= 0.6 is 22.9 Å². The SMILES string of the molecule is CCn1c(=O)c(C=O)c(Cl)c2sccc21. The number of aromatic nitrogens is 1. The zero-order chi connectivity index (χ0) is 11.0. The number of pyridine rings is 1. The normalized spacial score (nSPS) is 10.8. The van der Waals surface area contributed by atoms with Gasteiger partial charge in [-0.05, 0) is 18.4 Å². The molecule has 0 aliphatic heterocycles. The van der Waals surface area contributed by atoms with Crippen molar-refractivity contribution in [3.05, 3.63) is 32.4 Å². The third kappa shape index (κ3) is 1.41. The Morgan fingerprint density at radius 1 is 1.60 bits per heavy atom. The number of nitrogens with zero attached hydrogens (tertiary/aromatic N) is 1. The average Bonchev–Trinajstić information content (AvgIpc) is 2.68. The highest BCUT2D eigenvalue weighted by molar-refractivity contribution is 7.17. The van der Waals surface area contributed by atoms with Crippen LogP contribution in [0.4, 0.5) is 0 Å². The van der Waals surface area contributed by atoms with E-state index in [9.17, 15) is 9.59 Å². The number of carbonyl (C=O) groups is 1. The summed E-state index contributed by atoms with van der Waals surface area (Å²) in [6, 6.07) is 1.84. The Bertz CT molecular complexity index is 585. The topological polar surface area (TPSA) is 39.1 Å². The molecule has 0 N–H and O–H groups in total. The quantitative estimate of drug-likeness (QED) is 0.758. The Labute approximate surface area is 94.9 Å². The Balaban J connectivity index is 3.04. The molecule has 0 amide bonds. The number of hydrogen-bond donors (Lipinski definition) is 0. The summed E-state index contributed by atoms with van der Waals surface area (Å²) in [5.41, 5.74) is 0.528. The van der Waals surface area contributed by atoms with Gasteiger partial charge < -0.3 is 4.57 Å². The van der Waals surface area contributed by atoms with Gasteiger partial charge in [0.25, 0.3) is 5.56 Å². The lowest BCUT2D eigenvalue weighted by Gasteiger charge is -2.06. The Kier molecular flexibility index (Phi) is 2.63. The molecule has 3 nitrogen and oxygen atoms in total. The minimum Gasteiger partial charge on any atom is -0.307 e. The highest BCUT2D eigenvalue weighted by atomic mass is 35.5. The van der Waals surface area contributed by atoms with E-state index in [1.165, 1.54) is 11.3 Å². The molecule has 0 atom stereocenters. The first-order chi connectivity index (χ1) is 7.20. The largest absolute Gasteiger partial charge is 0.307 e. The maximum Gasteiger partial charge on any atom is 0.263 e. The van der Waals surface area contributed by atoms with Crippen molar-refractivity contribution < 1.29 is 4.79 Å². The van der Waals surface area contributed by atoms with E-state index in [1.807, 2.05) is 18.4 Å².